The van der Waals surface area contributed by atoms with Gasteiger partial charge < -0.3 is 9.67 Å². The van der Waals surface area contributed by atoms with Gasteiger partial charge >= 0.3 is 12.1 Å². The van der Waals surface area contributed by atoms with Crippen molar-refractivity contribution >= 4 is 5.97 Å². The number of hydrogen-bond donors (Lipinski definition) is 1. The van der Waals surface area contributed by atoms with Gasteiger partial charge in [0.05, 0.1) is 11.1 Å². The van der Waals surface area contributed by atoms with Gasteiger partial charge in [0.15, 0.2) is 0 Å². The zero-order valence-electron chi connectivity index (χ0n) is 9.69. The first kappa shape index (κ1) is 13.2. The normalized spacial score (nSPS) is 11.5. The van der Waals surface area contributed by atoms with Gasteiger partial charge in [0.1, 0.15) is 0 Å². The Morgan fingerprint density at radius 3 is 2.58 bits per heavy atom. The molecule has 0 unspecified atom stereocenters. The molecule has 0 aliphatic rings. The predicted molar refractivity (Wildman–Crippen MR) is 61.9 cm³/mol. The van der Waals surface area contributed by atoms with E-state index in [0.29, 0.717) is 5.56 Å². The van der Waals surface area contributed by atoms with Crippen molar-refractivity contribution in [2.24, 2.45) is 0 Å². The number of carboxylic acid groups (broad SMARTS) is 1. The first-order chi connectivity index (χ1) is 8.86. The molecule has 1 N–H and O–H groups in total. The number of carboxylic acids is 1. The summed E-state index contributed by atoms with van der Waals surface area (Å²) in [5.41, 5.74) is -0.148. The van der Waals surface area contributed by atoms with Crippen molar-refractivity contribution in [1.29, 1.82) is 0 Å². The van der Waals surface area contributed by atoms with Crippen LogP contribution in [0.4, 0.5) is 13.2 Å². The second-order valence-electron chi connectivity index (χ2n) is 4.08. The quantitative estimate of drug-likeness (QED) is 0.929. The van der Waals surface area contributed by atoms with Gasteiger partial charge in [-0.2, -0.15) is 13.2 Å². The number of carbonyl (C=O) groups is 1. The number of hydrogen-bond acceptors (Lipinski definition) is 1. The molecule has 2 rings (SSSR count). The first-order valence-corrected chi connectivity index (χ1v) is 5.41. The number of aromatic carboxylic acids is 1. The van der Waals surface area contributed by atoms with Crippen LogP contribution in [0.1, 0.15) is 21.5 Å². The molecule has 0 saturated carbocycles. The molecule has 100 valence electrons. The van der Waals surface area contributed by atoms with Gasteiger partial charge in [-0.25, -0.2) is 4.79 Å². The van der Waals surface area contributed by atoms with E-state index in [1.165, 1.54) is 29.1 Å². The van der Waals surface area contributed by atoms with Crippen LogP contribution in [-0.4, -0.2) is 15.6 Å². The lowest BCUT2D eigenvalue weighted by Crippen LogP contribution is -2.06. The van der Waals surface area contributed by atoms with E-state index in [1.807, 2.05) is 0 Å². The lowest BCUT2D eigenvalue weighted by atomic mass is 10.1. The standard InChI is InChI=1S/C13H10F3NO2/c14-13(15,16)11-3-1-2-9(6-11)7-17-5-4-10(8-17)12(18)19/h1-6,8H,7H2,(H,18,19). The highest BCUT2D eigenvalue weighted by molar-refractivity contribution is 5.87. The summed E-state index contributed by atoms with van der Waals surface area (Å²) < 4.78 is 39.1. The average Bonchev–Trinajstić information content (AvgIpc) is 2.77. The maximum Gasteiger partial charge on any atom is 0.416 e. The Bertz CT molecular complexity index is 602. The Balaban J connectivity index is 2.21. The van der Waals surface area contributed by atoms with E-state index in [-0.39, 0.29) is 12.1 Å². The van der Waals surface area contributed by atoms with Crippen molar-refractivity contribution in [2.75, 3.05) is 0 Å². The van der Waals surface area contributed by atoms with Crippen LogP contribution < -0.4 is 0 Å². The molecule has 2 aromatic rings. The Morgan fingerprint density at radius 1 is 1.26 bits per heavy atom. The van der Waals surface area contributed by atoms with Crippen molar-refractivity contribution in [3.05, 3.63) is 59.4 Å². The number of alkyl halides is 3. The SMILES string of the molecule is O=C(O)c1ccn(Cc2cccc(C(F)(F)F)c2)c1. The number of rotatable bonds is 3. The van der Waals surface area contributed by atoms with Crippen molar-refractivity contribution in [2.45, 2.75) is 12.7 Å². The van der Waals surface area contributed by atoms with Crippen molar-refractivity contribution in [3.8, 4) is 0 Å². The monoisotopic (exact) mass is 269 g/mol. The zero-order valence-corrected chi connectivity index (χ0v) is 9.69. The first-order valence-electron chi connectivity index (χ1n) is 5.41. The Morgan fingerprint density at radius 2 is 2.00 bits per heavy atom. The second kappa shape index (κ2) is 4.79. The van der Waals surface area contributed by atoms with Crippen LogP contribution in [-0.2, 0) is 12.7 Å². The summed E-state index contributed by atoms with van der Waals surface area (Å²) in [7, 11) is 0. The lowest BCUT2D eigenvalue weighted by molar-refractivity contribution is -0.137. The summed E-state index contributed by atoms with van der Waals surface area (Å²) >= 11 is 0. The van der Waals surface area contributed by atoms with Crippen LogP contribution in [0.15, 0.2) is 42.7 Å². The van der Waals surface area contributed by atoms with E-state index in [4.69, 9.17) is 5.11 Å². The fraction of sp³-hybridized carbons (Fsp3) is 0.154. The maximum absolute atomic E-state index is 12.5. The summed E-state index contributed by atoms with van der Waals surface area (Å²) in [5, 5.41) is 8.75. The number of halogens is 3. The van der Waals surface area contributed by atoms with Gasteiger partial charge in [0.25, 0.3) is 0 Å². The molecule has 1 aromatic heterocycles. The van der Waals surface area contributed by atoms with Crippen LogP contribution >= 0.6 is 0 Å². The van der Waals surface area contributed by atoms with Crippen molar-refractivity contribution in [3.63, 3.8) is 0 Å². The van der Waals surface area contributed by atoms with Crippen molar-refractivity contribution < 1.29 is 23.1 Å². The van der Waals surface area contributed by atoms with Crippen LogP contribution in [0.3, 0.4) is 0 Å². The second-order valence-corrected chi connectivity index (χ2v) is 4.08. The third-order valence-electron chi connectivity index (χ3n) is 2.62. The molecule has 1 heterocycles. The summed E-state index contributed by atoms with van der Waals surface area (Å²) in [6.07, 6.45) is -1.48. The molecule has 6 heteroatoms. The minimum Gasteiger partial charge on any atom is -0.478 e. The third kappa shape index (κ3) is 3.15. The summed E-state index contributed by atoms with van der Waals surface area (Å²) in [4.78, 5) is 10.7. The summed E-state index contributed by atoms with van der Waals surface area (Å²) in [5.74, 6) is -1.07. The molecule has 0 fully saturated rings. The fourth-order valence-electron chi connectivity index (χ4n) is 1.72. The van der Waals surface area contributed by atoms with Gasteiger partial charge in [-0.3, -0.25) is 0 Å². The minimum atomic E-state index is -4.38. The summed E-state index contributed by atoms with van der Waals surface area (Å²) in [6, 6.07) is 6.35. The van der Waals surface area contributed by atoms with Crippen LogP contribution in [0.25, 0.3) is 0 Å². The Kier molecular flexibility index (Phi) is 3.33. The molecular weight excluding hydrogens is 259 g/mol. The van der Waals surface area contributed by atoms with Gasteiger partial charge in [-0.1, -0.05) is 12.1 Å². The summed E-state index contributed by atoms with van der Waals surface area (Å²) in [6.45, 7) is 0.192. The average molecular weight is 269 g/mol. The molecular formula is C13H10F3NO2. The molecule has 19 heavy (non-hydrogen) atoms. The highest BCUT2D eigenvalue weighted by atomic mass is 19.4. The Hall–Kier alpha value is -2.24. The highest BCUT2D eigenvalue weighted by Gasteiger charge is 2.30. The number of benzene rings is 1. The third-order valence-corrected chi connectivity index (χ3v) is 2.62. The molecule has 0 saturated heterocycles. The van der Waals surface area contributed by atoms with Gasteiger partial charge in [0.2, 0.25) is 0 Å². The molecule has 0 aliphatic heterocycles. The molecule has 0 radical (unpaired) electrons. The van der Waals surface area contributed by atoms with Gasteiger partial charge in [-0.15, -0.1) is 0 Å². The maximum atomic E-state index is 12.5. The smallest absolute Gasteiger partial charge is 0.416 e. The molecule has 0 atom stereocenters. The Labute approximate surface area is 106 Å². The minimum absolute atomic E-state index is 0.104. The van der Waals surface area contributed by atoms with E-state index in [2.05, 4.69) is 0 Å². The molecule has 0 spiro atoms. The molecule has 0 bridgehead atoms. The molecule has 1 aromatic carbocycles. The van der Waals surface area contributed by atoms with E-state index in [0.717, 1.165) is 12.1 Å². The van der Waals surface area contributed by atoms with Gasteiger partial charge in [0, 0.05) is 18.9 Å². The fourth-order valence-corrected chi connectivity index (χ4v) is 1.72. The number of aromatic nitrogens is 1. The largest absolute Gasteiger partial charge is 0.478 e. The van der Waals surface area contributed by atoms with Crippen molar-refractivity contribution in [1.82, 2.24) is 4.57 Å². The van der Waals surface area contributed by atoms with Gasteiger partial charge in [-0.05, 0) is 23.8 Å². The molecule has 0 amide bonds. The van der Waals surface area contributed by atoms with E-state index >= 15 is 0 Å². The topological polar surface area (TPSA) is 42.2 Å². The van der Waals surface area contributed by atoms with E-state index in [9.17, 15) is 18.0 Å². The lowest BCUT2D eigenvalue weighted by Gasteiger charge is -2.09. The van der Waals surface area contributed by atoms with Crippen LogP contribution in [0.5, 0.6) is 0 Å². The number of nitrogens with zero attached hydrogens (tertiary/aromatic N) is 1. The molecule has 3 nitrogen and oxygen atoms in total. The van der Waals surface area contributed by atoms with Crippen LogP contribution in [0, 0.1) is 0 Å². The molecule has 0 aliphatic carbocycles. The zero-order chi connectivity index (χ0) is 14.0. The van der Waals surface area contributed by atoms with E-state index < -0.39 is 17.7 Å². The van der Waals surface area contributed by atoms with E-state index in [1.54, 1.807) is 6.07 Å². The predicted octanol–water partition coefficient (Wildman–Crippen LogP) is 3.25. The highest BCUT2D eigenvalue weighted by Crippen LogP contribution is 2.29. The van der Waals surface area contributed by atoms with Crippen LogP contribution in [0.2, 0.25) is 0 Å².